The maximum Gasteiger partial charge on any atom is 0.115 e. The molecule has 0 spiro atoms. The molecule has 3 N–H and O–H groups in total. The first-order valence-corrected chi connectivity index (χ1v) is 3.59. The Morgan fingerprint density at radius 3 is 2.75 bits per heavy atom. The van der Waals surface area contributed by atoms with E-state index < -0.39 is 0 Å². The van der Waals surface area contributed by atoms with Crippen molar-refractivity contribution >= 4 is 11.6 Å². The summed E-state index contributed by atoms with van der Waals surface area (Å²) in [5, 5.41) is 11.3. The topological polar surface area (TPSA) is 61.8 Å². The molecule has 12 heavy (non-hydrogen) atoms. The van der Waals surface area contributed by atoms with Gasteiger partial charge in [-0.05, 0) is 13.0 Å². The fourth-order valence-corrected chi connectivity index (χ4v) is 0.573. The zero-order chi connectivity index (χ0) is 9.56. The van der Waals surface area contributed by atoms with Crippen LogP contribution in [0.3, 0.4) is 0 Å². The van der Waals surface area contributed by atoms with E-state index in [2.05, 4.69) is 11.9 Å². The lowest BCUT2D eigenvalue weighted by Crippen LogP contribution is -2.04. The number of hydrogen-bond donors (Lipinski definition) is 2. The predicted molar refractivity (Wildman–Crippen MR) is 49.8 cm³/mol. The van der Waals surface area contributed by atoms with Gasteiger partial charge in [0.2, 0.25) is 0 Å². The van der Waals surface area contributed by atoms with Crippen molar-refractivity contribution in [1.82, 2.24) is 5.32 Å². The average molecular weight is 184 g/mol. The minimum Gasteiger partial charge on any atom is -0.388 e. The van der Waals surface area contributed by atoms with Gasteiger partial charge in [0.25, 0.3) is 0 Å². The molecule has 4 heteroatoms. The Hall–Kier alpha value is -1.40. The zero-order valence-corrected chi connectivity index (χ0v) is 7.52. The third-order valence-corrected chi connectivity index (χ3v) is 1.08. The molecule has 0 fully saturated rings. The van der Waals surface area contributed by atoms with E-state index in [0.717, 1.165) is 5.70 Å². The van der Waals surface area contributed by atoms with E-state index in [0.29, 0.717) is 5.57 Å². The molecule has 64 valence electrons. The van der Waals surface area contributed by atoms with Crippen LogP contribution >= 0.6 is 11.6 Å². The number of allylic oxidation sites excluding steroid dienone is 3. The molecule has 0 rings (SSSR count). The highest BCUT2D eigenvalue weighted by atomic mass is 35.5. The number of nitrogens with zero attached hydrogens (tertiary/aromatic N) is 1. The van der Waals surface area contributed by atoms with E-state index in [1.54, 1.807) is 13.0 Å². The monoisotopic (exact) mass is 183 g/mol. The van der Waals surface area contributed by atoms with Crippen LogP contribution in [0.25, 0.3) is 0 Å². The summed E-state index contributed by atoms with van der Waals surface area (Å²) in [5.74, 6) is 0. The van der Waals surface area contributed by atoms with Crippen molar-refractivity contribution in [2.75, 3.05) is 0 Å². The molecule has 0 aliphatic rings. The molecule has 0 aromatic heterocycles. The Kier molecular flexibility index (Phi) is 4.66. The molecule has 0 bridgehead atoms. The minimum atomic E-state index is 0.158. The molecule has 0 radical (unpaired) electrons. The molecule has 0 aromatic carbocycles. The van der Waals surface area contributed by atoms with Gasteiger partial charge in [0.1, 0.15) is 5.16 Å². The Morgan fingerprint density at radius 1 is 1.75 bits per heavy atom. The third kappa shape index (κ3) is 5.39. The summed E-state index contributed by atoms with van der Waals surface area (Å²) in [5.41, 5.74) is 6.28. The van der Waals surface area contributed by atoms with Crippen LogP contribution in [0.4, 0.5) is 0 Å². The fraction of sp³-hybridized carbons (Fsp3) is 0.125. The van der Waals surface area contributed by atoms with Crippen LogP contribution < -0.4 is 11.1 Å². The van der Waals surface area contributed by atoms with Crippen LogP contribution in [0, 0.1) is 11.3 Å². The largest absolute Gasteiger partial charge is 0.388 e. The van der Waals surface area contributed by atoms with Gasteiger partial charge in [-0.2, -0.15) is 5.26 Å². The maximum absolute atomic E-state index is 8.37. The summed E-state index contributed by atoms with van der Waals surface area (Å²) in [6.07, 6.45) is 3.02. The van der Waals surface area contributed by atoms with Gasteiger partial charge in [0.05, 0.1) is 6.07 Å². The lowest BCUT2D eigenvalue weighted by Gasteiger charge is -1.98. The molecule has 0 amide bonds. The van der Waals surface area contributed by atoms with Gasteiger partial charge in [-0.15, -0.1) is 0 Å². The summed E-state index contributed by atoms with van der Waals surface area (Å²) >= 11 is 5.35. The zero-order valence-electron chi connectivity index (χ0n) is 6.76. The molecule has 0 aliphatic carbocycles. The van der Waals surface area contributed by atoms with Crippen LogP contribution in [0.5, 0.6) is 0 Å². The third-order valence-electron chi connectivity index (χ3n) is 0.972. The summed E-state index contributed by atoms with van der Waals surface area (Å²) in [6.45, 7) is 5.25. The van der Waals surface area contributed by atoms with Crippen molar-refractivity contribution in [3.05, 3.63) is 35.3 Å². The molecule has 0 aliphatic heterocycles. The number of nitrogens with one attached hydrogen (secondary N) is 1. The van der Waals surface area contributed by atoms with Gasteiger partial charge >= 0.3 is 0 Å². The average Bonchev–Trinajstić information content (AvgIpc) is 2.00. The van der Waals surface area contributed by atoms with Crippen LogP contribution in [-0.4, -0.2) is 0 Å². The van der Waals surface area contributed by atoms with E-state index in [-0.39, 0.29) is 5.16 Å². The Balaban J connectivity index is 4.15. The number of hydrogen-bond acceptors (Lipinski definition) is 3. The van der Waals surface area contributed by atoms with E-state index in [1.165, 1.54) is 6.20 Å². The van der Waals surface area contributed by atoms with Crippen molar-refractivity contribution in [1.29, 1.82) is 5.26 Å². The van der Waals surface area contributed by atoms with Crippen molar-refractivity contribution in [2.24, 2.45) is 5.73 Å². The van der Waals surface area contributed by atoms with E-state index in [9.17, 15) is 0 Å². The molecule has 0 saturated heterocycles. The highest BCUT2D eigenvalue weighted by Gasteiger charge is 1.87. The Morgan fingerprint density at radius 2 is 2.33 bits per heavy atom. The second kappa shape index (κ2) is 5.28. The smallest absolute Gasteiger partial charge is 0.115 e. The standard InChI is InChI=1S/C8H10ClN3/c1-6(4-10)3-7(2)12-5-8(9)11/h3,5,12H,1,11H2,2H3/b7-3-,8-5+. The minimum absolute atomic E-state index is 0.158. The van der Waals surface area contributed by atoms with Gasteiger partial charge in [-0.25, -0.2) is 0 Å². The molecule has 0 aromatic rings. The second-order valence-corrected chi connectivity index (χ2v) is 2.57. The summed E-state index contributed by atoms with van der Waals surface area (Å²) in [6, 6.07) is 1.89. The van der Waals surface area contributed by atoms with Crippen LogP contribution in [-0.2, 0) is 0 Å². The molecule has 0 atom stereocenters. The lowest BCUT2D eigenvalue weighted by atomic mass is 10.3. The highest BCUT2D eigenvalue weighted by Crippen LogP contribution is 1.96. The van der Waals surface area contributed by atoms with Gasteiger partial charge in [0.15, 0.2) is 0 Å². The fourth-order valence-electron chi connectivity index (χ4n) is 0.518. The first kappa shape index (κ1) is 10.6. The SMILES string of the molecule is C=C(C#N)/C=C(/C)N/C=C(/N)Cl. The summed E-state index contributed by atoms with van der Waals surface area (Å²) in [4.78, 5) is 0. The first-order valence-electron chi connectivity index (χ1n) is 3.21. The summed E-state index contributed by atoms with van der Waals surface area (Å²) in [7, 11) is 0. The number of halogens is 1. The molecule has 0 heterocycles. The number of nitrogens with two attached hydrogens (primary N) is 1. The number of nitriles is 1. The van der Waals surface area contributed by atoms with Gasteiger partial charge in [0, 0.05) is 17.5 Å². The van der Waals surface area contributed by atoms with Gasteiger partial charge in [-0.1, -0.05) is 18.2 Å². The molecule has 0 saturated carbocycles. The normalized spacial score (nSPS) is 12.1. The highest BCUT2D eigenvalue weighted by molar-refractivity contribution is 6.28. The van der Waals surface area contributed by atoms with Crippen LogP contribution in [0.2, 0.25) is 0 Å². The van der Waals surface area contributed by atoms with Crippen molar-refractivity contribution in [2.45, 2.75) is 6.92 Å². The lowest BCUT2D eigenvalue weighted by molar-refractivity contribution is 1.05. The number of rotatable bonds is 3. The van der Waals surface area contributed by atoms with Crippen molar-refractivity contribution < 1.29 is 0 Å². The van der Waals surface area contributed by atoms with Gasteiger partial charge < -0.3 is 11.1 Å². The van der Waals surface area contributed by atoms with E-state index >= 15 is 0 Å². The second-order valence-electron chi connectivity index (χ2n) is 2.14. The molecular weight excluding hydrogens is 174 g/mol. The van der Waals surface area contributed by atoms with Crippen molar-refractivity contribution in [3.63, 3.8) is 0 Å². The van der Waals surface area contributed by atoms with Crippen LogP contribution in [0.1, 0.15) is 6.92 Å². The van der Waals surface area contributed by atoms with Crippen LogP contribution in [0.15, 0.2) is 35.3 Å². The Labute approximate surface area is 76.8 Å². The van der Waals surface area contributed by atoms with E-state index in [4.69, 9.17) is 22.6 Å². The Bertz CT molecular complexity index is 267. The van der Waals surface area contributed by atoms with Gasteiger partial charge in [-0.3, -0.25) is 0 Å². The molecule has 0 unspecified atom stereocenters. The quantitative estimate of drug-likeness (QED) is 0.397. The summed E-state index contributed by atoms with van der Waals surface area (Å²) < 4.78 is 0. The molecule has 3 nitrogen and oxygen atoms in total. The van der Waals surface area contributed by atoms with E-state index in [1.807, 2.05) is 6.07 Å². The predicted octanol–water partition coefficient (Wildman–Crippen LogP) is 1.56. The maximum atomic E-state index is 8.37. The first-order chi connectivity index (χ1) is 5.56. The molecular formula is C8H10ClN3. The van der Waals surface area contributed by atoms with Crippen molar-refractivity contribution in [3.8, 4) is 6.07 Å².